The lowest BCUT2D eigenvalue weighted by Gasteiger charge is -2.13. The van der Waals surface area contributed by atoms with E-state index in [4.69, 9.17) is 10.2 Å². The fourth-order valence-corrected chi connectivity index (χ4v) is 1.59. The summed E-state index contributed by atoms with van der Waals surface area (Å²) >= 11 is 2.11. The molecule has 0 aliphatic rings. The SMILES string of the molecule is O=C(NC(CO)CO)c1cccc(I)c1. The van der Waals surface area contributed by atoms with Crippen LogP contribution in [0.5, 0.6) is 0 Å². The van der Waals surface area contributed by atoms with Crippen LogP contribution in [0.3, 0.4) is 0 Å². The predicted molar refractivity (Wildman–Crippen MR) is 64.6 cm³/mol. The highest BCUT2D eigenvalue weighted by molar-refractivity contribution is 14.1. The molecular weight excluding hydrogens is 309 g/mol. The third-order valence-electron chi connectivity index (χ3n) is 1.86. The monoisotopic (exact) mass is 321 g/mol. The van der Waals surface area contributed by atoms with Gasteiger partial charge in [-0.3, -0.25) is 4.79 Å². The molecule has 0 spiro atoms. The second-order valence-electron chi connectivity index (χ2n) is 3.05. The average molecular weight is 321 g/mol. The molecule has 0 heterocycles. The molecule has 1 aromatic carbocycles. The Balaban J connectivity index is 2.68. The van der Waals surface area contributed by atoms with Crippen molar-refractivity contribution in [3.05, 3.63) is 33.4 Å². The van der Waals surface area contributed by atoms with Crippen LogP contribution in [0.2, 0.25) is 0 Å². The number of aliphatic hydroxyl groups is 2. The van der Waals surface area contributed by atoms with Crippen molar-refractivity contribution in [3.63, 3.8) is 0 Å². The molecule has 0 aliphatic carbocycles. The van der Waals surface area contributed by atoms with E-state index in [1.807, 2.05) is 6.07 Å². The minimum atomic E-state index is -0.602. The maximum absolute atomic E-state index is 11.6. The summed E-state index contributed by atoms with van der Waals surface area (Å²) in [6.45, 7) is -0.543. The summed E-state index contributed by atoms with van der Waals surface area (Å²) in [5.74, 6) is -0.290. The largest absolute Gasteiger partial charge is 0.394 e. The molecule has 15 heavy (non-hydrogen) atoms. The van der Waals surface area contributed by atoms with E-state index in [1.54, 1.807) is 18.2 Å². The van der Waals surface area contributed by atoms with Crippen molar-refractivity contribution in [3.8, 4) is 0 Å². The lowest BCUT2D eigenvalue weighted by atomic mass is 10.2. The van der Waals surface area contributed by atoms with Crippen molar-refractivity contribution in [1.29, 1.82) is 0 Å². The Labute approximate surface area is 101 Å². The van der Waals surface area contributed by atoms with E-state index in [0.717, 1.165) is 3.57 Å². The van der Waals surface area contributed by atoms with Crippen LogP contribution in [0.25, 0.3) is 0 Å². The van der Waals surface area contributed by atoms with E-state index in [2.05, 4.69) is 27.9 Å². The summed E-state index contributed by atoms with van der Waals surface area (Å²) in [5.41, 5.74) is 0.522. The first-order valence-corrected chi connectivity index (χ1v) is 5.53. The molecule has 0 aromatic heterocycles. The molecule has 0 bridgehead atoms. The highest BCUT2D eigenvalue weighted by atomic mass is 127. The number of rotatable bonds is 4. The molecule has 1 amide bonds. The molecule has 1 rings (SSSR count). The number of amides is 1. The van der Waals surface area contributed by atoms with Gasteiger partial charge in [0, 0.05) is 9.13 Å². The topological polar surface area (TPSA) is 69.6 Å². The normalized spacial score (nSPS) is 10.4. The van der Waals surface area contributed by atoms with Crippen molar-refractivity contribution in [2.24, 2.45) is 0 Å². The zero-order valence-corrected chi connectivity index (χ0v) is 10.1. The van der Waals surface area contributed by atoms with Gasteiger partial charge in [-0.25, -0.2) is 0 Å². The highest BCUT2D eigenvalue weighted by Gasteiger charge is 2.11. The minimum Gasteiger partial charge on any atom is -0.394 e. The highest BCUT2D eigenvalue weighted by Crippen LogP contribution is 2.07. The molecule has 3 N–H and O–H groups in total. The fourth-order valence-electron chi connectivity index (χ4n) is 1.05. The van der Waals surface area contributed by atoms with Crippen molar-refractivity contribution in [1.82, 2.24) is 5.32 Å². The number of hydrogen-bond acceptors (Lipinski definition) is 3. The Morgan fingerprint density at radius 2 is 2.07 bits per heavy atom. The standard InChI is InChI=1S/C10H12INO3/c11-8-3-1-2-7(4-8)10(15)12-9(5-13)6-14/h1-4,9,13-14H,5-6H2,(H,12,15). The van der Waals surface area contributed by atoms with Crippen LogP contribution >= 0.6 is 22.6 Å². The maximum Gasteiger partial charge on any atom is 0.251 e. The van der Waals surface area contributed by atoms with Crippen LogP contribution < -0.4 is 5.32 Å². The van der Waals surface area contributed by atoms with Crippen LogP contribution in [0, 0.1) is 3.57 Å². The second kappa shape index (κ2) is 6.04. The number of carbonyl (C=O) groups is 1. The number of benzene rings is 1. The van der Waals surface area contributed by atoms with Gasteiger partial charge >= 0.3 is 0 Å². The molecule has 0 saturated carbocycles. The van der Waals surface area contributed by atoms with Gasteiger partial charge in [0.05, 0.1) is 19.3 Å². The van der Waals surface area contributed by atoms with Gasteiger partial charge in [0.15, 0.2) is 0 Å². The van der Waals surface area contributed by atoms with Crippen molar-refractivity contribution in [2.75, 3.05) is 13.2 Å². The van der Waals surface area contributed by atoms with E-state index in [9.17, 15) is 4.79 Å². The van der Waals surface area contributed by atoms with Gasteiger partial charge in [-0.1, -0.05) is 6.07 Å². The Kier molecular flexibility index (Phi) is 5.00. The van der Waals surface area contributed by atoms with Crippen LogP contribution in [0.15, 0.2) is 24.3 Å². The lowest BCUT2D eigenvalue weighted by Crippen LogP contribution is -2.40. The molecule has 0 radical (unpaired) electrons. The third kappa shape index (κ3) is 3.77. The molecule has 1 aromatic rings. The Morgan fingerprint density at radius 3 is 2.60 bits per heavy atom. The number of halogens is 1. The van der Waals surface area contributed by atoms with E-state index in [0.29, 0.717) is 5.56 Å². The summed E-state index contributed by atoms with van der Waals surface area (Å²) in [6.07, 6.45) is 0. The number of aliphatic hydroxyl groups excluding tert-OH is 2. The van der Waals surface area contributed by atoms with Crippen LogP contribution in [-0.2, 0) is 0 Å². The summed E-state index contributed by atoms with van der Waals surface area (Å²) in [4.78, 5) is 11.6. The quantitative estimate of drug-likeness (QED) is 0.702. The third-order valence-corrected chi connectivity index (χ3v) is 2.53. The van der Waals surface area contributed by atoms with Gasteiger partial charge in [0.2, 0.25) is 0 Å². The summed E-state index contributed by atoms with van der Waals surface area (Å²) in [6, 6.07) is 6.48. The van der Waals surface area contributed by atoms with Crippen LogP contribution in [-0.4, -0.2) is 35.4 Å². The van der Waals surface area contributed by atoms with Crippen LogP contribution in [0.4, 0.5) is 0 Å². The van der Waals surface area contributed by atoms with Gasteiger partial charge in [-0.2, -0.15) is 0 Å². The zero-order chi connectivity index (χ0) is 11.3. The number of carbonyl (C=O) groups excluding carboxylic acids is 1. The Bertz CT molecular complexity index is 339. The molecule has 0 aliphatic heterocycles. The molecule has 82 valence electrons. The van der Waals surface area contributed by atoms with Gasteiger partial charge < -0.3 is 15.5 Å². The summed E-state index contributed by atoms with van der Waals surface area (Å²) in [5, 5.41) is 20.1. The Hall–Kier alpha value is -0.660. The van der Waals surface area contributed by atoms with E-state index < -0.39 is 6.04 Å². The van der Waals surface area contributed by atoms with Gasteiger partial charge in [0.1, 0.15) is 0 Å². The first kappa shape index (κ1) is 12.4. The predicted octanol–water partition coefficient (Wildman–Crippen LogP) is 0.374. The first-order chi connectivity index (χ1) is 7.17. The van der Waals surface area contributed by atoms with E-state index in [1.165, 1.54) is 0 Å². The zero-order valence-electron chi connectivity index (χ0n) is 7.98. The molecule has 0 saturated heterocycles. The fraction of sp³-hybridized carbons (Fsp3) is 0.300. The van der Waals surface area contributed by atoms with E-state index in [-0.39, 0.29) is 19.1 Å². The maximum atomic E-state index is 11.6. The smallest absolute Gasteiger partial charge is 0.251 e. The van der Waals surface area contributed by atoms with Crippen molar-refractivity contribution < 1.29 is 15.0 Å². The second-order valence-corrected chi connectivity index (χ2v) is 4.29. The molecule has 4 nitrogen and oxygen atoms in total. The molecule has 0 atom stereocenters. The van der Waals surface area contributed by atoms with E-state index >= 15 is 0 Å². The van der Waals surface area contributed by atoms with Crippen molar-refractivity contribution in [2.45, 2.75) is 6.04 Å². The average Bonchev–Trinajstić information content (AvgIpc) is 2.25. The summed E-state index contributed by atoms with van der Waals surface area (Å²) < 4.78 is 0.963. The minimum absolute atomic E-state index is 0.272. The first-order valence-electron chi connectivity index (χ1n) is 4.45. The molecule has 0 fully saturated rings. The Morgan fingerprint density at radius 1 is 1.40 bits per heavy atom. The lowest BCUT2D eigenvalue weighted by molar-refractivity contribution is 0.0879. The van der Waals surface area contributed by atoms with Crippen molar-refractivity contribution >= 4 is 28.5 Å². The summed E-state index contributed by atoms with van der Waals surface area (Å²) in [7, 11) is 0. The number of hydrogen-bond donors (Lipinski definition) is 3. The molecular formula is C10H12INO3. The van der Waals surface area contributed by atoms with Gasteiger partial charge in [-0.05, 0) is 40.8 Å². The molecule has 5 heteroatoms. The number of nitrogens with one attached hydrogen (secondary N) is 1. The van der Waals surface area contributed by atoms with Crippen LogP contribution in [0.1, 0.15) is 10.4 Å². The van der Waals surface area contributed by atoms with Gasteiger partial charge in [0.25, 0.3) is 5.91 Å². The van der Waals surface area contributed by atoms with Gasteiger partial charge in [-0.15, -0.1) is 0 Å². The molecule has 0 unspecified atom stereocenters.